The van der Waals surface area contributed by atoms with Crippen LogP contribution in [-0.4, -0.2) is 36.3 Å². The summed E-state index contributed by atoms with van der Waals surface area (Å²) in [4.78, 5) is 15.8. The van der Waals surface area contributed by atoms with E-state index in [0.717, 1.165) is 36.0 Å². The molecule has 2 rings (SSSR count). The van der Waals surface area contributed by atoms with Gasteiger partial charge in [-0.05, 0) is 62.0 Å². The van der Waals surface area contributed by atoms with E-state index in [1.54, 1.807) is 7.11 Å². The van der Waals surface area contributed by atoms with E-state index in [2.05, 4.69) is 36.2 Å². The van der Waals surface area contributed by atoms with Crippen LogP contribution in [0.25, 0.3) is 0 Å². The van der Waals surface area contributed by atoms with Gasteiger partial charge in [-0.25, -0.2) is 0 Å². The SMILES string of the molecule is CCN(CC)Cc1ccc(NC(=O)[C@H](C)Sc2ccc(OC)cc2)cc1. The van der Waals surface area contributed by atoms with Gasteiger partial charge in [-0.3, -0.25) is 9.69 Å². The summed E-state index contributed by atoms with van der Waals surface area (Å²) in [5.74, 6) is 0.818. The van der Waals surface area contributed by atoms with Crippen molar-refractivity contribution >= 4 is 23.4 Å². The van der Waals surface area contributed by atoms with Crippen LogP contribution in [0, 0.1) is 0 Å². The summed E-state index contributed by atoms with van der Waals surface area (Å²) < 4.78 is 5.16. The Labute approximate surface area is 160 Å². The van der Waals surface area contributed by atoms with Crippen LogP contribution in [0.3, 0.4) is 0 Å². The van der Waals surface area contributed by atoms with Crippen LogP contribution in [0.1, 0.15) is 26.3 Å². The molecule has 0 unspecified atom stereocenters. The second-order valence-electron chi connectivity index (χ2n) is 6.08. The zero-order chi connectivity index (χ0) is 18.9. The van der Waals surface area contributed by atoms with Gasteiger partial charge in [-0.15, -0.1) is 11.8 Å². The molecule has 0 fully saturated rings. The summed E-state index contributed by atoms with van der Waals surface area (Å²) >= 11 is 1.53. The van der Waals surface area contributed by atoms with E-state index in [9.17, 15) is 4.79 Å². The fourth-order valence-corrected chi connectivity index (χ4v) is 3.42. The molecule has 1 atom stereocenters. The zero-order valence-corrected chi connectivity index (χ0v) is 16.8. The van der Waals surface area contributed by atoms with Crippen LogP contribution in [0.2, 0.25) is 0 Å². The topological polar surface area (TPSA) is 41.6 Å². The number of carbonyl (C=O) groups is 1. The zero-order valence-electron chi connectivity index (χ0n) is 16.0. The summed E-state index contributed by atoms with van der Waals surface area (Å²) in [7, 11) is 1.64. The molecule has 0 spiro atoms. The lowest BCUT2D eigenvalue weighted by Gasteiger charge is -2.18. The van der Waals surface area contributed by atoms with Gasteiger partial charge in [0.05, 0.1) is 12.4 Å². The Morgan fingerprint density at radius 2 is 1.69 bits per heavy atom. The minimum absolute atomic E-state index is 0.00214. The van der Waals surface area contributed by atoms with Crippen LogP contribution in [0.5, 0.6) is 5.75 Å². The third kappa shape index (κ3) is 6.07. The molecule has 1 amide bonds. The fraction of sp³-hybridized carbons (Fsp3) is 0.381. The Morgan fingerprint density at radius 3 is 2.23 bits per heavy atom. The third-order valence-corrected chi connectivity index (χ3v) is 5.38. The maximum Gasteiger partial charge on any atom is 0.237 e. The molecule has 2 aromatic rings. The van der Waals surface area contributed by atoms with Crippen LogP contribution in [0.4, 0.5) is 5.69 Å². The van der Waals surface area contributed by atoms with Crippen molar-refractivity contribution in [3.63, 3.8) is 0 Å². The minimum Gasteiger partial charge on any atom is -0.497 e. The molecule has 0 aliphatic carbocycles. The van der Waals surface area contributed by atoms with Gasteiger partial charge in [0, 0.05) is 17.1 Å². The predicted molar refractivity (Wildman–Crippen MR) is 110 cm³/mol. The molecule has 5 heteroatoms. The van der Waals surface area contributed by atoms with Gasteiger partial charge < -0.3 is 10.1 Å². The molecule has 0 heterocycles. The molecular weight excluding hydrogens is 344 g/mol. The van der Waals surface area contributed by atoms with Crippen LogP contribution in [0.15, 0.2) is 53.4 Å². The third-order valence-electron chi connectivity index (χ3n) is 4.26. The van der Waals surface area contributed by atoms with Gasteiger partial charge >= 0.3 is 0 Å². The number of methoxy groups -OCH3 is 1. The summed E-state index contributed by atoms with van der Waals surface area (Å²) in [5.41, 5.74) is 2.09. The molecule has 4 nitrogen and oxygen atoms in total. The maximum atomic E-state index is 12.4. The van der Waals surface area contributed by atoms with Crippen molar-refractivity contribution in [2.75, 3.05) is 25.5 Å². The predicted octanol–water partition coefficient (Wildman–Crippen LogP) is 4.66. The summed E-state index contributed by atoms with van der Waals surface area (Å²) in [6.07, 6.45) is 0. The molecule has 0 aliphatic rings. The molecule has 1 N–H and O–H groups in total. The fourth-order valence-electron chi connectivity index (χ4n) is 2.55. The largest absolute Gasteiger partial charge is 0.497 e. The number of carbonyl (C=O) groups excluding carboxylic acids is 1. The van der Waals surface area contributed by atoms with E-state index < -0.39 is 0 Å². The highest BCUT2D eigenvalue weighted by molar-refractivity contribution is 8.00. The Balaban J connectivity index is 1.89. The molecule has 0 aromatic heterocycles. The van der Waals surface area contributed by atoms with Crippen LogP contribution < -0.4 is 10.1 Å². The van der Waals surface area contributed by atoms with E-state index in [-0.39, 0.29) is 11.2 Å². The normalized spacial score (nSPS) is 12.0. The minimum atomic E-state index is -0.182. The smallest absolute Gasteiger partial charge is 0.237 e. The highest BCUT2D eigenvalue weighted by atomic mass is 32.2. The van der Waals surface area contributed by atoms with Crippen molar-refractivity contribution in [2.24, 2.45) is 0 Å². The van der Waals surface area contributed by atoms with Gasteiger partial charge in [0.25, 0.3) is 0 Å². The highest BCUT2D eigenvalue weighted by Gasteiger charge is 2.14. The first-order valence-corrected chi connectivity index (χ1v) is 9.86. The van der Waals surface area contributed by atoms with Gasteiger partial charge in [-0.2, -0.15) is 0 Å². The van der Waals surface area contributed by atoms with Gasteiger partial charge in [0.15, 0.2) is 0 Å². The second kappa shape index (κ2) is 10.2. The summed E-state index contributed by atoms with van der Waals surface area (Å²) in [6.45, 7) is 9.26. The average molecular weight is 373 g/mol. The van der Waals surface area contributed by atoms with E-state index >= 15 is 0 Å². The number of amides is 1. The van der Waals surface area contributed by atoms with Crippen molar-refractivity contribution in [1.82, 2.24) is 4.90 Å². The van der Waals surface area contributed by atoms with E-state index in [1.165, 1.54) is 17.3 Å². The average Bonchev–Trinajstić information content (AvgIpc) is 2.67. The van der Waals surface area contributed by atoms with Crippen molar-refractivity contribution in [3.05, 3.63) is 54.1 Å². The Kier molecular flexibility index (Phi) is 8.01. The standard InChI is InChI=1S/C21H28N2O2S/c1-5-23(6-2)15-17-7-9-18(10-8-17)22-21(24)16(3)26-20-13-11-19(25-4)12-14-20/h7-14,16H,5-6,15H2,1-4H3,(H,22,24)/t16-/m0/s1. The molecule has 0 saturated carbocycles. The number of thioether (sulfide) groups is 1. The number of nitrogens with one attached hydrogen (secondary N) is 1. The number of hydrogen-bond donors (Lipinski definition) is 1. The van der Waals surface area contributed by atoms with Gasteiger partial charge in [-0.1, -0.05) is 26.0 Å². The first kappa shape index (κ1) is 20.3. The monoisotopic (exact) mass is 372 g/mol. The molecule has 2 aromatic carbocycles. The quantitative estimate of drug-likeness (QED) is 0.650. The number of hydrogen-bond acceptors (Lipinski definition) is 4. The first-order valence-electron chi connectivity index (χ1n) is 8.98. The second-order valence-corrected chi connectivity index (χ2v) is 7.50. The summed E-state index contributed by atoms with van der Waals surface area (Å²) in [5, 5.41) is 2.81. The Hall–Kier alpha value is -1.98. The van der Waals surface area contributed by atoms with E-state index in [4.69, 9.17) is 4.74 Å². The number of ether oxygens (including phenoxy) is 1. The van der Waals surface area contributed by atoms with Gasteiger partial charge in [0.1, 0.15) is 5.75 Å². The molecule has 0 saturated heterocycles. The molecule has 0 bridgehead atoms. The lowest BCUT2D eigenvalue weighted by atomic mass is 10.2. The van der Waals surface area contributed by atoms with Crippen molar-refractivity contribution in [2.45, 2.75) is 37.5 Å². The number of nitrogens with zero attached hydrogens (tertiary/aromatic N) is 1. The number of benzene rings is 2. The number of rotatable bonds is 9. The van der Waals surface area contributed by atoms with E-state index in [0.29, 0.717) is 0 Å². The first-order chi connectivity index (χ1) is 12.5. The van der Waals surface area contributed by atoms with Gasteiger partial charge in [0.2, 0.25) is 5.91 Å². The van der Waals surface area contributed by atoms with Crippen molar-refractivity contribution in [1.29, 1.82) is 0 Å². The lowest BCUT2D eigenvalue weighted by molar-refractivity contribution is -0.115. The van der Waals surface area contributed by atoms with E-state index in [1.807, 2.05) is 43.3 Å². The van der Waals surface area contributed by atoms with Crippen molar-refractivity contribution < 1.29 is 9.53 Å². The Bertz CT molecular complexity index is 682. The highest BCUT2D eigenvalue weighted by Crippen LogP contribution is 2.26. The summed E-state index contributed by atoms with van der Waals surface area (Å²) in [6, 6.07) is 15.8. The molecule has 140 valence electrons. The van der Waals surface area contributed by atoms with Crippen LogP contribution >= 0.6 is 11.8 Å². The molecular formula is C21H28N2O2S. The van der Waals surface area contributed by atoms with Crippen LogP contribution in [-0.2, 0) is 11.3 Å². The van der Waals surface area contributed by atoms with Crippen molar-refractivity contribution in [3.8, 4) is 5.75 Å². The molecule has 0 aliphatic heterocycles. The number of anilines is 1. The Morgan fingerprint density at radius 1 is 1.08 bits per heavy atom. The molecule has 26 heavy (non-hydrogen) atoms. The lowest BCUT2D eigenvalue weighted by Crippen LogP contribution is -2.23. The maximum absolute atomic E-state index is 12.4. The molecule has 0 radical (unpaired) electrons.